The average molecular weight is 507 g/mol. The van der Waals surface area contributed by atoms with Crippen molar-refractivity contribution in [1.82, 2.24) is 15.1 Å². The zero-order valence-corrected chi connectivity index (χ0v) is 22.2. The number of likely N-dealkylation sites (tertiary alicyclic amines) is 2. The molecule has 10 heteroatoms. The molecule has 0 unspecified atom stereocenters. The highest BCUT2D eigenvalue weighted by Gasteiger charge is 2.43. The maximum Gasteiger partial charge on any atom is 0.330 e. The van der Waals surface area contributed by atoms with Crippen molar-refractivity contribution in [2.75, 3.05) is 52.3 Å². The fourth-order valence-electron chi connectivity index (χ4n) is 4.49. The van der Waals surface area contributed by atoms with Gasteiger partial charge in [0, 0.05) is 37.9 Å². The number of methoxy groups -OCH3 is 2. The number of esters is 1. The summed E-state index contributed by atoms with van der Waals surface area (Å²) in [7, 11) is 2.95. The minimum absolute atomic E-state index is 0.0631. The lowest BCUT2D eigenvalue weighted by molar-refractivity contribution is -0.146. The van der Waals surface area contributed by atoms with Crippen LogP contribution in [0.4, 0.5) is 10.5 Å². The number of benzene rings is 1. The van der Waals surface area contributed by atoms with Gasteiger partial charge in [-0.15, -0.1) is 0 Å². The van der Waals surface area contributed by atoms with E-state index in [2.05, 4.69) is 15.5 Å². The van der Waals surface area contributed by atoms with E-state index >= 15 is 0 Å². The van der Waals surface area contributed by atoms with Gasteiger partial charge in [0.2, 0.25) is 0 Å². The SMILES string of the molecule is COC(=O)[C@H](COC(C)(C)C)NC(=O)N1CCC2(CCN(C(=S)Nc3cccc(OC)c3)CC2)C1. The number of urea groups is 1. The number of thiocarbonyl (C=S) groups is 1. The van der Waals surface area contributed by atoms with Gasteiger partial charge in [-0.3, -0.25) is 0 Å². The molecule has 0 aliphatic carbocycles. The molecule has 2 saturated heterocycles. The number of nitrogens with one attached hydrogen (secondary N) is 2. The molecular formula is C25H38N4O5S. The Labute approximate surface area is 213 Å². The number of hydrogen-bond donors (Lipinski definition) is 2. The molecule has 1 atom stereocenters. The van der Waals surface area contributed by atoms with Crippen molar-refractivity contribution in [3.8, 4) is 5.75 Å². The lowest BCUT2D eigenvalue weighted by Gasteiger charge is -2.40. The summed E-state index contributed by atoms with van der Waals surface area (Å²) in [5, 5.41) is 6.80. The van der Waals surface area contributed by atoms with E-state index < -0.39 is 17.6 Å². The van der Waals surface area contributed by atoms with Gasteiger partial charge >= 0.3 is 12.0 Å². The summed E-state index contributed by atoms with van der Waals surface area (Å²) in [4.78, 5) is 29.1. The molecule has 2 N–H and O–H groups in total. The summed E-state index contributed by atoms with van der Waals surface area (Å²) in [6.45, 7) is 8.74. The highest BCUT2D eigenvalue weighted by atomic mass is 32.1. The summed E-state index contributed by atoms with van der Waals surface area (Å²) < 4.78 is 15.9. The quantitative estimate of drug-likeness (QED) is 0.449. The molecule has 0 saturated carbocycles. The number of piperidine rings is 1. The molecule has 0 bridgehead atoms. The Hall–Kier alpha value is -2.59. The zero-order chi connectivity index (χ0) is 25.6. The van der Waals surface area contributed by atoms with E-state index in [9.17, 15) is 9.59 Å². The summed E-state index contributed by atoms with van der Waals surface area (Å²) >= 11 is 5.64. The van der Waals surface area contributed by atoms with Gasteiger partial charge in [0.25, 0.3) is 0 Å². The third-order valence-corrected chi connectivity index (χ3v) is 6.98. The van der Waals surface area contributed by atoms with Crippen molar-refractivity contribution in [3.05, 3.63) is 24.3 Å². The number of ether oxygens (including phenoxy) is 3. The van der Waals surface area contributed by atoms with E-state index in [-0.39, 0.29) is 18.1 Å². The fourth-order valence-corrected chi connectivity index (χ4v) is 4.79. The van der Waals surface area contributed by atoms with Crippen LogP contribution < -0.4 is 15.4 Å². The van der Waals surface area contributed by atoms with Crippen LogP contribution in [-0.2, 0) is 14.3 Å². The van der Waals surface area contributed by atoms with Gasteiger partial charge in [0.05, 0.1) is 26.4 Å². The van der Waals surface area contributed by atoms with Gasteiger partial charge in [0.15, 0.2) is 11.2 Å². The number of carbonyl (C=O) groups is 2. The van der Waals surface area contributed by atoms with Crippen LogP contribution in [0.3, 0.4) is 0 Å². The summed E-state index contributed by atoms with van der Waals surface area (Å²) in [6.07, 6.45) is 2.83. The van der Waals surface area contributed by atoms with Crippen molar-refractivity contribution >= 4 is 35.0 Å². The van der Waals surface area contributed by atoms with Crippen molar-refractivity contribution in [1.29, 1.82) is 0 Å². The largest absolute Gasteiger partial charge is 0.497 e. The van der Waals surface area contributed by atoms with E-state index in [1.54, 1.807) is 12.0 Å². The first kappa shape index (κ1) is 27.0. The first-order valence-corrected chi connectivity index (χ1v) is 12.4. The lowest BCUT2D eigenvalue weighted by Crippen LogP contribution is -2.51. The van der Waals surface area contributed by atoms with Gasteiger partial charge < -0.3 is 34.6 Å². The highest BCUT2D eigenvalue weighted by Crippen LogP contribution is 2.40. The first-order chi connectivity index (χ1) is 16.5. The molecule has 1 aromatic rings. The standard InChI is InChI=1S/C25H38N4O5S/c1-24(2,3)34-16-20(21(30)33-5)27-22(31)29-14-11-25(17-29)9-12-28(13-10-25)23(35)26-18-7-6-8-19(15-18)32-4/h6-8,15,20H,9-14,16-17H2,1-5H3,(H,26,35)(H,27,31)/t20-/m0/s1. The molecule has 2 fully saturated rings. The molecule has 2 amide bonds. The molecule has 9 nitrogen and oxygen atoms in total. The number of carbonyl (C=O) groups excluding carboxylic acids is 2. The fraction of sp³-hybridized carbons (Fsp3) is 0.640. The van der Waals surface area contributed by atoms with Crippen molar-refractivity contribution < 1.29 is 23.8 Å². The van der Waals surface area contributed by atoms with Crippen molar-refractivity contribution in [2.45, 2.75) is 51.7 Å². The molecule has 35 heavy (non-hydrogen) atoms. The van der Waals surface area contributed by atoms with Crippen LogP contribution in [0.2, 0.25) is 0 Å². The van der Waals surface area contributed by atoms with E-state index in [1.165, 1.54) is 7.11 Å². The van der Waals surface area contributed by atoms with E-state index in [1.807, 2.05) is 45.0 Å². The van der Waals surface area contributed by atoms with Crippen molar-refractivity contribution in [2.24, 2.45) is 5.41 Å². The van der Waals surface area contributed by atoms with Crippen LogP contribution in [0.15, 0.2) is 24.3 Å². The van der Waals surface area contributed by atoms with Crippen molar-refractivity contribution in [3.63, 3.8) is 0 Å². The van der Waals surface area contributed by atoms with Crippen LogP contribution in [0.5, 0.6) is 5.75 Å². The Morgan fingerprint density at radius 1 is 1.11 bits per heavy atom. The van der Waals surface area contributed by atoms with Gasteiger partial charge in [-0.05, 0) is 69.8 Å². The topological polar surface area (TPSA) is 92.4 Å². The Balaban J connectivity index is 1.51. The monoisotopic (exact) mass is 506 g/mol. The van der Waals surface area contributed by atoms with Gasteiger partial charge in [-0.1, -0.05) is 6.07 Å². The maximum absolute atomic E-state index is 13.0. The predicted molar refractivity (Wildman–Crippen MR) is 139 cm³/mol. The number of anilines is 1. The van der Waals surface area contributed by atoms with Crippen LogP contribution in [-0.4, -0.2) is 85.6 Å². The second kappa shape index (κ2) is 11.4. The zero-order valence-electron chi connectivity index (χ0n) is 21.4. The van der Waals surface area contributed by atoms with Crippen LogP contribution >= 0.6 is 12.2 Å². The smallest absolute Gasteiger partial charge is 0.330 e. The van der Waals surface area contributed by atoms with Gasteiger partial charge in [-0.25, -0.2) is 9.59 Å². The minimum atomic E-state index is -0.842. The lowest BCUT2D eigenvalue weighted by atomic mass is 9.78. The Bertz CT molecular complexity index is 911. The van der Waals surface area contributed by atoms with Crippen LogP contribution in [0, 0.1) is 5.41 Å². The third-order valence-electron chi connectivity index (χ3n) is 6.62. The minimum Gasteiger partial charge on any atom is -0.497 e. The maximum atomic E-state index is 13.0. The molecule has 0 aromatic heterocycles. The molecule has 194 valence electrons. The van der Waals surface area contributed by atoms with E-state index in [4.69, 9.17) is 26.4 Å². The molecule has 2 aliphatic rings. The van der Waals surface area contributed by atoms with Crippen LogP contribution in [0.1, 0.15) is 40.0 Å². The highest BCUT2D eigenvalue weighted by molar-refractivity contribution is 7.80. The summed E-state index contributed by atoms with van der Waals surface area (Å²) in [6, 6.07) is 6.60. The molecule has 2 aliphatic heterocycles. The second-order valence-electron chi connectivity index (χ2n) is 10.3. The molecule has 1 spiro atoms. The predicted octanol–water partition coefficient (Wildman–Crippen LogP) is 3.25. The average Bonchev–Trinajstić information content (AvgIpc) is 3.24. The Morgan fingerprint density at radius 2 is 1.77 bits per heavy atom. The normalized spacial score (nSPS) is 18.2. The molecule has 2 heterocycles. The van der Waals surface area contributed by atoms with Crippen LogP contribution in [0.25, 0.3) is 0 Å². The molecule has 3 rings (SSSR count). The summed E-state index contributed by atoms with van der Waals surface area (Å²) in [5.41, 5.74) is 0.543. The van der Waals surface area contributed by atoms with Gasteiger partial charge in [-0.2, -0.15) is 0 Å². The number of nitrogens with zero attached hydrogens (tertiary/aromatic N) is 2. The van der Waals surface area contributed by atoms with E-state index in [0.29, 0.717) is 18.2 Å². The molecule has 1 aromatic carbocycles. The molecule has 0 radical (unpaired) electrons. The number of amides is 2. The third kappa shape index (κ3) is 7.44. The Kier molecular flexibility index (Phi) is 8.82. The first-order valence-electron chi connectivity index (χ1n) is 12.0. The molecular weight excluding hydrogens is 468 g/mol. The Morgan fingerprint density at radius 3 is 2.37 bits per heavy atom. The number of hydrogen-bond acceptors (Lipinski definition) is 6. The second-order valence-corrected chi connectivity index (χ2v) is 10.7. The van der Waals surface area contributed by atoms with Gasteiger partial charge in [0.1, 0.15) is 5.75 Å². The number of rotatable bonds is 6. The summed E-state index contributed by atoms with van der Waals surface area (Å²) in [5.74, 6) is 0.265. The van der Waals surface area contributed by atoms with E-state index in [0.717, 1.165) is 43.8 Å².